The number of aromatic hydroxyl groups is 1. The number of nitrogens with zero attached hydrogens (tertiary/aromatic N) is 2. The number of benzene rings is 1. The molecule has 2 saturated heterocycles. The van der Waals surface area contributed by atoms with Gasteiger partial charge in [0.05, 0.1) is 18.0 Å². The maximum absolute atomic E-state index is 12.8. The minimum Gasteiger partial charge on any atom is -0.507 e. The van der Waals surface area contributed by atoms with Gasteiger partial charge in [0.2, 0.25) is 17.7 Å². The first-order valence-electron chi connectivity index (χ1n) is 10.4. The zero-order valence-electron chi connectivity index (χ0n) is 17.6. The van der Waals surface area contributed by atoms with Crippen molar-refractivity contribution in [3.8, 4) is 5.75 Å². The summed E-state index contributed by atoms with van der Waals surface area (Å²) in [5.74, 6) is -3.95. The van der Waals surface area contributed by atoms with Crippen LogP contribution in [0.1, 0.15) is 48.9 Å². The number of carbonyl (C=O) groups is 6. The minimum absolute atomic E-state index is 0.00159. The van der Waals surface area contributed by atoms with Crippen LogP contribution < -0.4 is 10.6 Å². The highest BCUT2D eigenvalue weighted by molar-refractivity contribution is 5.97. The second-order valence-corrected chi connectivity index (χ2v) is 7.78. The Hall–Kier alpha value is -3.96. The molecule has 2 aliphatic heterocycles. The van der Waals surface area contributed by atoms with Gasteiger partial charge in [0.25, 0.3) is 5.91 Å². The van der Waals surface area contributed by atoms with Crippen LogP contribution in [0.2, 0.25) is 0 Å². The predicted octanol–water partition coefficient (Wildman–Crippen LogP) is -0.475. The Labute approximate surface area is 188 Å². The van der Waals surface area contributed by atoms with Crippen LogP contribution in [-0.4, -0.2) is 74.4 Å². The summed E-state index contributed by atoms with van der Waals surface area (Å²) in [6, 6.07) is 3.39. The maximum atomic E-state index is 12.8. The Kier molecular flexibility index (Phi) is 7.26. The zero-order chi connectivity index (χ0) is 24.1. The quantitative estimate of drug-likeness (QED) is 0.395. The largest absolute Gasteiger partial charge is 0.507 e. The molecule has 4 N–H and O–H groups in total. The van der Waals surface area contributed by atoms with Gasteiger partial charge in [0, 0.05) is 12.8 Å². The van der Waals surface area contributed by atoms with Gasteiger partial charge in [0.1, 0.15) is 24.2 Å². The Balaban J connectivity index is 1.84. The van der Waals surface area contributed by atoms with Crippen molar-refractivity contribution in [1.29, 1.82) is 0 Å². The summed E-state index contributed by atoms with van der Waals surface area (Å²) in [4.78, 5) is 73.3. The van der Waals surface area contributed by atoms with Crippen LogP contribution in [0.5, 0.6) is 5.75 Å². The lowest BCUT2D eigenvalue weighted by Gasteiger charge is -2.47. The normalized spacial score (nSPS) is 21.5. The fourth-order valence-electron chi connectivity index (χ4n) is 3.94. The fraction of sp³-hybridized carbons (Fsp3) is 0.429. The van der Waals surface area contributed by atoms with Crippen molar-refractivity contribution < 1.29 is 39.0 Å². The van der Waals surface area contributed by atoms with Gasteiger partial charge in [0.15, 0.2) is 0 Å². The first kappa shape index (κ1) is 23.7. The molecule has 0 aliphatic carbocycles. The second-order valence-electron chi connectivity index (χ2n) is 7.78. The SMILES string of the molecule is O=CC(CC(=O)O)NC(=O)C1CCC(NC(=O)c2ccccc2O)N2C(=O)CCCC(=O)N12. The molecule has 176 valence electrons. The van der Waals surface area contributed by atoms with E-state index in [-0.39, 0.29) is 49.7 Å². The van der Waals surface area contributed by atoms with E-state index in [0.29, 0.717) is 0 Å². The summed E-state index contributed by atoms with van der Waals surface area (Å²) < 4.78 is 0. The van der Waals surface area contributed by atoms with Gasteiger partial charge < -0.3 is 25.6 Å². The highest BCUT2D eigenvalue weighted by Crippen LogP contribution is 2.28. The topological polar surface area (TPSA) is 173 Å². The van der Waals surface area contributed by atoms with E-state index in [9.17, 15) is 33.9 Å². The molecule has 1 aromatic carbocycles. The van der Waals surface area contributed by atoms with Gasteiger partial charge in [-0.25, -0.2) is 10.0 Å². The lowest BCUT2D eigenvalue weighted by Crippen LogP contribution is -2.68. The van der Waals surface area contributed by atoms with Crippen LogP contribution in [0.15, 0.2) is 24.3 Å². The number of phenols is 1. The van der Waals surface area contributed by atoms with E-state index in [2.05, 4.69) is 10.6 Å². The Morgan fingerprint density at radius 3 is 2.39 bits per heavy atom. The summed E-state index contributed by atoms with van der Waals surface area (Å²) in [6.45, 7) is 0. The lowest BCUT2D eigenvalue weighted by atomic mass is 10.0. The van der Waals surface area contributed by atoms with Crippen molar-refractivity contribution >= 4 is 35.9 Å². The number of phenolic OH excluding ortho intramolecular Hbond substituents is 1. The molecule has 33 heavy (non-hydrogen) atoms. The monoisotopic (exact) mass is 460 g/mol. The number of aliphatic carboxylic acids is 1. The smallest absolute Gasteiger partial charge is 0.305 e. The predicted molar refractivity (Wildman–Crippen MR) is 110 cm³/mol. The molecular weight excluding hydrogens is 436 g/mol. The van der Waals surface area contributed by atoms with Gasteiger partial charge in [-0.15, -0.1) is 0 Å². The van der Waals surface area contributed by atoms with E-state index in [4.69, 9.17) is 5.11 Å². The molecule has 0 aromatic heterocycles. The van der Waals surface area contributed by atoms with Gasteiger partial charge in [-0.05, 0) is 31.4 Å². The van der Waals surface area contributed by atoms with Crippen LogP contribution in [0.3, 0.4) is 0 Å². The number of aldehydes is 1. The molecule has 1 aromatic rings. The molecule has 2 heterocycles. The van der Waals surface area contributed by atoms with E-state index in [1.165, 1.54) is 12.1 Å². The van der Waals surface area contributed by atoms with Gasteiger partial charge in [-0.1, -0.05) is 12.1 Å². The molecule has 0 saturated carbocycles. The molecular formula is C21H24N4O8. The molecule has 3 atom stereocenters. The van der Waals surface area contributed by atoms with E-state index in [1.807, 2.05) is 0 Å². The van der Waals surface area contributed by atoms with Crippen molar-refractivity contribution in [2.45, 2.75) is 56.8 Å². The number of hydrogen-bond acceptors (Lipinski definition) is 7. The molecule has 0 bridgehead atoms. The molecule has 12 heteroatoms. The van der Waals surface area contributed by atoms with Gasteiger partial charge in [-0.3, -0.25) is 24.0 Å². The van der Waals surface area contributed by atoms with Crippen molar-refractivity contribution in [3.05, 3.63) is 29.8 Å². The number of rotatable bonds is 7. The fourth-order valence-corrected chi connectivity index (χ4v) is 3.94. The number of carboxylic acid groups (broad SMARTS) is 1. The minimum atomic E-state index is -1.29. The number of amides is 4. The summed E-state index contributed by atoms with van der Waals surface area (Å²) in [6.07, 6.45) is -0.849. The number of para-hydroxylation sites is 1. The second kappa shape index (κ2) is 10.1. The first-order chi connectivity index (χ1) is 15.7. The lowest BCUT2D eigenvalue weighted by molar-refractivity contribution is -0.184. The van der Waals surface area contributed by atoms with Crippen molar-refractivity contribution in [2.75, 3.05) is 0 Å². The molecule has 3 unspecified atom stereocenters. The highest BCUT2D eigenvalue weighted by Gasteiger charge is 2.46. The zero-order valence-corrected chi connectivity index (χ0v) is 17.6. The molecule has 4 amide bonds. The third-order valence-corrected chi connectivity index (χ3v) is 5.46. The van der Waals surface area contributed by atoms with Crippen LogP contribution in [0.4, 0.5) is 0 Å². The number of fused-ring (bicyclic) bond motifs is 1. The van der Waals surface area contributed by atoms with Gasteiger partial charge in [-0.2, -0.15) is 0 Å². The highest BCUT2D eigenvalue weighted by atomic mass is 16.4. The van der Waals surface area contributed by atoms with E-state index in [1.54, 1.807) is 12.1 Å². The number of carboxylic acids is 1. The Morgan fingerprint density at radius 2 is 1.76 bits per heavy atom. The number of carbonyl (C=O) groups excluding carboxylic acids is 5. The number of hydrogen-bond donors (Lipinski definition) is 4. The third kappa shape index (κ3) is 5.27. The number of nitrogens with one attached hydrogen (secondary N) is 2. The molecule has 2 fully saturated rings. The molecule has 0 radical (unpaired) electrons. The molecule has 3 rings (SSSR count). The average molecular weight is 460 g/mol. The van der Waals surface area contributed by atoms with E-state index in [0.717, 1.165) is 10.0 Å². The Bertz CT molecular complexity index is 981. The van der Waals surface area contributed by atoms with Crippen LogP contribution in [-0.2, 0) is 24.0 Å². The van der Waals surface area contributed by atoms with Crippen LogP contribution in [0.25, 0.3) is 0 Å². The summed E-state index contributed by atoms with van der Waals surface area (Å²) in [5.41, 5.74) is -0.0139. The Morgan fingerprint density at radius 1 is 1.09 bits per heavy atom. The third-order valence-electron chi connectivity index (χ3n) is 5.46. The summed E-state index contributed by atoms with van der Waals surface area (Å²) in [7, 11) is 0. The standard InChI is InChI=1S/C21H24N4O8/c26-11-12(10-19(30)31)22-21(33)14-8-9-16(23-20(32)13-4-1-2-5-15(13)27)25-18(29)7-3-6-17(28)24(14)25/h1-2,4-5,11-12,14,16,27H,3,6-10H2,(H,22,33)(H,23,32)(H,30,31). The molecule has 12 nitrogen and oxygen atoms in total. The summed E-state index contributed by atoms with van der Waals surface area (Å²) in [5, 5.41) is 25.8. The number of hydrazine groups is 1. The van der Waals surface area contributed by atoms with E-state index >= 15 is 0 Å². The van der Waals surface area contributed by atoms with Crippen molar-refractivity contribution in [3.63, 3.8) is 0 Å². The summed E-state index contributed by atoms with van der Waals surface area (Å²) >= 11 is 0. The van der Waals surface area contributed by atoms with E-state index < -0.39 is 54.3 Å². The average Bonchev–Trinajstić information content (AvgIpc) is 2.92. The molecule has 2 aliphatic rings. The van der Waals surface area contributed by atoms with Gasteiger partial charge >= 0.3 is 5.97 Å². The first-order valence-corrected chi connectivity index (χ1v) is 10.4. The van der Waals surface area contributed by atoms with Crippen LogP contribution in [0, 0.1) is 0 Å². The van der Waals surface area contributed by atoms with Crippen molar-refractivity contribution in [1.82, 2.24) is 20.7 Å². The molecule has 0 spiro atoms. The maximum Gasteiger partial charge on any atom is 0.305 e. The van der Waals surface area contributed by atoms with Crippen molar-refractivity contribution in [2.24, 2.45) is 0 Å². The van der Waals surface area contributed by atoms with Crippen LogP contribution >= 0.6 is 0 Å².